The number of carbonyl (C=O) groups excluding carboxylic acids is 1. The zero-order chi connectivity index (χ0) is 13.7. The molecule has 0 aromatic heterocycles. The minimum absolute atomic E-state index is 0.0296. The maximum Gasteiger partial charge on any atom is 0.238 e. The average Bonchev–Trinajstić information content (AvgIpc) is 2.71. The van der Waals surface area contributed by atoms with Gasteiger partial charge in [0.25, 0.3) is 0 Å². The lowest BCUT2D eigenvalue weighted by Gasteiger charge is -2.40. The highest BCUT2D eigenvalue weighted by Gasteiger charge is 2.33. The fourth-order valence-corrected chi connectivity index (χ4v) is 3.67. The molecule has 2 rings (SSSR count). The molecule has 19 heavy (non-hydrogen) atoms. The van der Waals surface area contributed by atoms with Crippen LogP contribution in [0.15, 0.2) is 0 Å². The van der Waals surface area contributed by atoms with Crippen molar-refractivity contribution in [2.75, 3.05) is 26.7 Å². The normalized spacial score (nSPS) is 33.7. The number of hydrogen-bond donors (Lipinski definition) is 2. The summed E-state index contributed by atoms with van der Waals surface area (Å²) in [4.78, 5) is 14.5. The first-order valence-corrected chi connectivity index (χ1v) is 7.94. The molecule has 1 saturated carbocycles. The van der Waals surface area contributed by atoms with Crippen LogP contribution in [0.25, 0.3) is 0 Å². The Kier molecular flexibility index (Phi) is 5.64. The van der Waals surface area contributed by atoms with Gasteiger partial charge in [-0.3, -0.25) is 9.69 Å². The molecule has 4 heteroatoms. The minimum atomic E-state index is 0.0296. The Hall–Kier alpha value is -0.610. The van der Waals surface area contributed by atoms with Crippen LogP contribution in [0.5, 0.6) is 0 Å². The van der Waals surface area contributed by atoms with Crippen LogP contribution in [-0.2, 0) is 4.79 Å². The Labute approximate surface area is 117 Å². The Morgan fingerprint density at radius 2 is 2.16 bits per heavy atom. The smallest absolute Gasteiger partial charge is 0.238 e. The number of nitrogens with one attached hydrogen (secondary N) is 2. The van der Waals surface area contributed by atoms with E-state index in [1.54, 1.807) is 7.05 Å². The number of likely N-dealkylation sites (N-methyl/N-ethyl adjacent to an activating group) is 1. The maximum absolute atomic E-state index is 12.0. The van der Waals surface area contributed by atoms with Crippen molar-refractivity contribution < 1.29 is 4.79 Å². The van der Waals surface area contributed by atoms with Crippen LogP contribution < -0.4 is 10.6 Å². The Bertz CT molecular complexity index is 295. The van der Waals surface area contributed by atoms with Gasteiger partial charge in [0.2, 0.25) is 5.91 Å². The highest BCUT2D eigenvalue weighted by molar-refractivity contribution is 5.81. The van der Waals surface area contributed by atoms with Gasteiger partial charge in [0, 0.05) is 32.7 Å². The summed E-state index contributed by atoms with van der Waals surface area (Å²) in [6.45, 7) is 5.14. The van der Waals surface area contributed by atoms with Crippen LogP contribution in [-0.4, -0.2) is 49.6 Å². The predicted octanol–water partition coefficient (Wildman–Crippen LogP) is 1.37. The van der Waals surface area contributed by atoms with Crippen molar-refractivity contribution in [3.63, 3.8) is 0 Å². The van der Waals surface area contributed by atoms with E-state index in [4.69, 9.17) is 0 Å². The summed E-state index contributed by atoms with van der Waals surface area (Å²) in [6.07, 6.45) is 7.89. The van der Waals surface area contributed by atoms with Crippen molar-refractivity contribution in [3.05, 3.63) is 0 Å². The third-order valence-electron chi connectivity index (χ3n) is 4.94. The number of rotatable bonds is 3. The van der Waals surface area contributed by atoms with Gasteiger partial charge in [-0.05, 0) is 25.2 Å². The quantitative estimate of drug-likeness (QED) is 0.759. The number of amides is 1. The van der Waals surface area contributed by atoms with Crippen LogP contribution in [0.2, 0.25) is 0 Å². The lowest BCUT2D eigenvalue weighted by Crippen LogP contribution is -2.60. The van der Waals surface area contributed by atoms with Crippen molar-refractivity contribution in [2.45, 2.75) is 57.5 Å². The van der Waals surface area contributed by atoms with Crippen LogP contribution in [0.3, 0.4) is 0 Å². The summed E-state index contributed by atoms with van der Waals surface area (Å²) in [5, 5.41) is 6.17. The second-order valence-electron chi connectivity index (χ2n) is 6.01. The molecule has 110 valence electrons. The lowest BCUT2D eigenvalue weighted by molar-refractivity contribution is -0.127. The van der Waals surface area contributed by atoms with Gasteiger partial charge in [-0.1, -0.05) is 26.2 Å². The van der Waals surface area contributed by atoms with E-state index in [1.165, 1.54) is 38.5 Å². The monoisotopic (exact) mass is 267 g/mol. The molecule has 1 aliphatic carbocycles. The maximum atomic E-state index is 12.0. The summed E-state index contributed by atoms with van der Waals surface area (Å²) in [5.41, 5.74) is 0. The molecule has 1 saturated heterocycles. The molecule has 2 fully saturated rings. The molecule has 1 aliphatic heterocycles. The SMILES string of the molecule is CCC1CCCC(N2CCNCC2C(=O)NC)CC1. The van der Waals surface area contributed by atoms with Gasteiger partial charge < -0.3 is 10.6 Å². The Morgan fingerprint density at radius 3 is 2.89 bits per heavy atom. The van der Waals surface area contributed by atoms with Crippen molar-refractivity contribution in [1.29, 1.82) is 0 Å². The van der Waals surface area contributed by atoms with E-state index in [-0.39, 0.29) is 11.9 Å². The molecule has 1 heterocycles. The van der Waals surface area contributed by atoms with Crippen LogP contribution >= 0.6 is 0 Å². The molecule has 0 spiro atoms. The third kappa shape index (κ3) is 3.69. The number of nitrogens with zero attached hydrogens (tertiary/aromatic N) is 1. The van der Waals surface area contributed by atoms with E-state index in [0.29, 0.717) is 6.04 Å². The van der Waals surface area contributed by atoms with Gasteiger partial charge in [-0.15, -0.1) is 0 Å². The first kappa shape index (κ1) is 14.8. The van der Waals surface area contributed by atoms with E-state index in [1.807, 2.05) is 0 Å². The molecule has 2 aliphatic rings. The standard InChI is InChI=1S/C15H29N3O/c1-3-12-5-4-6-13(8-7-12)18-10-9-17-11-14(18)15(19)16-2/h12-14,17H,3-11H2,1-2H3,(H,16,19). The molecule has 0 aromatic carbocycles. The van der Waals surface area contributed by atoms with E-state index in [0.717, 1.165) is 25.6 Å². The molecular weight excluding hydrogens is 238 g/mol. The molecule has 1 amide bonds. The zero-order valence-corrected chi connectivity index (χ0v) is 12.5. The lowest BCUT2D eigenvalue weighted by atomic mass is 9.97. The van der Waals surface area contributed by atoms with Crippen LogP contribution in [0.4, 0.5) is 0 Å². The highest BCUT2D eigenvalue weighted by atomic mass is 16.2. The van der Waals surface area contributed by atoms with Crippen LogP contribution in [0, 0.1) is 5.92 Å². The van der Waals surface area contributed by atoms with Gasteiger partial charge in [-0.2, -0.15) is 0 Å². The summed E-state index contributed by atoms with van der Waals surface area (Å²) < 4.78 is 0. The number of hydrogen-bond acceptors (Lipinski definition) is 3. The number of piperazine rings is 1. The van der Waals surface area contributed by atoms with Crippen molar-refractivity contribution in [3.8, 4) is 0 Å². The zero-order valence-electron chi connectivity index (χ0n) is 12.5. The van der Waals surface area contributed by atoms with Crippen LogP contribution in [0.1, 0.15) is 45.4 Å². The molecule has 0 bridgehead atoms. The average molecular weight is 267 g/mol. The molecule has 0 aromatic rings. The fraction of sp³-hybridized carbons (Fsp3) is 0.933. The summed E-state index contributed by atoms with van der Waals surface area (Å²) >= 11 is 0. The van der Waals surface area contributed by atoms with Gasteiger partial charge >= 0.3 is 0 Å². The van der Waals surface area contributed by atoms with Gasteiger partial charge in [-0.25, -0.2) is 0 Å². The topological polar surface area (TPSA) is 44.4 Å². The largest absolute Gasteiger partial charge is 0.358 e. The third-order valence-corrected chi connectivity index (χ3v) is 4.94. The van der Waals surface area contributed by atoms with E-state index in [9.17, 15) is 4.79 Å². The molecule has 3 unspecified atom stereocenters. The first-order chi connectivity index (χ1) is 9.26. The van der Waals surface area contributed by atoms with Crippen molar-refractivity contribution in [2.24, 2.45) is 5.92 Å². The van der Waals surface area contributed by atoms with Gasteiger partial charge in [0.05, 0.1) is 0 Å². The predicted molar refractivity (Wildman–Crippen MR) is 78.1 cm³/mol. The Morgan fingerprint density at radius 1 is 1.32 bits per heavy atom. The first-order valence-electron chi connectivity index (χ1n) is 7.94. The summed E-state index contributed by atoms with van der Waals surface area (Å²) in [5.74, 6) is 1.08. The second kappa shape index (κ2) is 7.25. The van der Waals surface area contributed by atoms with E-state index >= 15 is 0 Å². The second-order valence-corrected chi connectivity index (χ2v) is 6.01. The van der Waals surface area contributed by atoms with Gasteiger partial charge in [0.15, 0.2) is 0 Å². The summed E-state index contributed by atoms with van der Waals surface area (Å²) in [7, 11) is 1.75. The molecular formula is C15H29N3O. The van der Waals surface area contributed by atoms with Gasteiger partial charge in [0.1, 0.15) is 6.04 Å². The van der Waals surface area contributed by atoms with E-state index in [2.05, 4.69) is 22.5 Å². The van der Waals surface area contributed by atoms with Crippen molar-refractivity contribution in [1.82, 2.24) is 15.5 Å². The fourth-order valence-electron chi connectivity index (χ4n) is 3.67. The Balaban J connectivity index is 1.99. The molecule has 4 nitrogen and oxygen atoms in total. The minimum Gasteiger partial charge on any atom is -0.358 e. The highest BCUT2D eigenvalue weighted by Crippen LogP contribution is 2.29. The molecule has 2 N–H and O–H groups in total. The number of carbonyl (C=O) groups is 1. The molecule has 3 atom stereocenters. The molecule has 0 radical (unpaired) electrons. The van der Waals surface area contributed by atoms with Crippen molar-refractivity contribution >= 4 is 5.91 Å². The summed E-state index contributed by atoms with van der Waals surface area (Å²) in [6, 6.07) is 0.642. The van der Waals surface area contributed by atoms with E-state index < -0.39 is 0 Å².